The molecule has 2 aromatic carbocycles. The molecule has 1 unspecified atom stereocenters. The maximum absolute atomic E-state index is 12.5. The summed E-state index contributed by atoms with van der Waals surface area (Å²) in [5.74, 6) is 2.05. The van der Waals surface area contributed by atoms with Crippen LogP contribution in [0.15, 0.2) is 42.5 Å². The molecule has 174 valence electrons. The normalized spacial score (nSPS) is 18.3. The van der Waals surface area contributed by atoms with Crippen LogP contribution in [0.2, 0.25) is 0 Å². The zero-order chi connectivity index (χ0) is 22.6. The lowest BCUT2D eigenvalue weighted by atomic mass is 10.2. The predicted molar refractivity (Wildman–Crippen MR) is 129 cm³/mol. The molecule has 0 radical (unpaired) electrons. The summed E-state index contributed by atoms with van der Waals surface area (Å²) in [6, 6.07) is 13.5. The van der Waals surface area contributed by atoms with Gasteiger partial charge in [0.05, 0.1) is 16.8 Å². The molecule has 2 aliphatic rings. The Balaban J connectivity index is 1.07. The van der Waals surface area contributed by atoms with E-state index in [1.54, 1.807) is 11.3 Å². The van der Waals surface area contributed by atoms with E-state index in [1.165, 1.54) is 0 Å². The second-order valence-electron chi connectivity index (χ2n) is 8.04. The van der Waals surface area contributed by atoms with Crippen molar-refractivity contribution < 1.29 is 19.0 Å². The van der Waals surface area contributed by atoms with Crippen LogP contribution in [-0.2, 0) is 4.79 Å². The number of hydrogen-bond donors (Lipinski definition) is 1. The lowest BCUT2D eigenvalue weighted by Gasteiger charge is -2.34. The summed E-state index contributed by atoms with van der Waals surface area (Å²) in [6.45, 7) is 7.99. The molecule has 3 aromatic rings. The van der Waals surface area contributed by atoms with Gasteiger partial charge in [-0.25, -0.2) is 4.98 Å². The highest BCUT2D eigenvalue weighted by molar-refractivity contribution is 7.22. The summed E-state index contributed by atoms with van der Waals surface area (Å²) in [7, 11) is 0. The molecule has 0 aliphatic carbocycles. The lowest BCUT2D eigenvalue weighted by Crippen LogP contribution is -2.50. The number of para-hydroxylation sites is 2. The van der Waals surface area contributed by atoms with Crippen LogP contribution in [0, 0.1) is 0 Å². The molecule has 1 N–H and O–H groups in total. The highest BCUT2D eigenvalue weighted by Crippen LogP contribution is 2.32. The summed E-state index contributed by atoms with van der Waals surface area (Å²) >= 11 is 1.71. The van der Waals surface area contributed by atoms with E-state index in [9.17, 15) is 4.79 Å². The fourth-order valence-corrected chi connectivity index (χ4v) is 5.09. The number of hydrogen-bond acceptors (Lipinski definition) is 8. The van der Waals surface area contributed by atoms with Gasteiger partial charge in [0, 0.05) is 39.3 Å². The number of benzene rings is 2. The van der Waals surface area contributed by atoms with Gasteiger partial charge in [-0.1, -0.05) is 23.5 Å². The number of carbonyl (C=O) groups excluding carboxylic acids is 1. The Morgan fingerprint density at radius 2 is 2.00 bits per heavy atom. The number of ether oxygens (including phenoxy) is 3. The Kier molecular flexibility index (Phi) is 6.50. The molecule has 3 heterocycles. The zero-order valence-electron chi connectivity index (χ0n) is 18.7. The molecule has 1 amide bonds. The van der Waals surface area contributed by atoms with E-state index in [2.05, 4.69) is 21.2 Å². The first-order valence-corrected chi connectivity index (χ1v) is 12.2. The van der Waals surface area contributed by atoms with E-state index in [0.29, 0.717) is 24.7 Å². The Morgan fingerprint density at radius 3 is 2.82 bits per heavy atom. The topological polar surface area (TPSA) is 76.2 Å². The lowest BCUT2D eigenvalue weighted by molar-refractivity contribution is -0.130. The van der Waals surface area contributed by atoms with E-state index in [1.807, 2.05) is 43.3 Å². The average Bonchev–Trinajstić information content (AvgIpc) is 3.28. The highest BCUT2D eigenvalue weighted by atomic mass is 32.1. The number of nitrogens with one attached hydrogen (secondary N) is 1. The van der Waals surface area contributed by atoms with E-state index in [4.69, 9.17) is 19.2 Å². The summed E-state index contributed by atoms with van der Waals surface area (Å²) in [4.78, 5) is 22.0. The number of piperazine rings is 1. The van der Waals surface area contributed by atoms with Crippen LogP contribution in [0.3, 0.4) is 0 Å². The van der Waals surface area contributed by atoms with Crippen LogP contribution in [0.1, 0.15) is 6.92 Å². The first-order valence-electron chi connectivity index (χ1n) is 11.4. The fraction of sp³-hybridized carbons (Fsp3) is 0.417. The number of anilines is 1. The second kappa shape index (κ2) is 9.84. The van der Waals surface area contributed by atoms with E-state index in [0.717, 1.165) is 53.8 Å². The molecule has 8 nitrogen and oxygen atoms in total. The third kappa shape index (κ3) is 4.99. The van der Waals surface area contributed by atoms with Crippen molar-refractivity contribution in [3.63, 3.8) is 0 Å². The van der Waals surface area contributed by atoms with Gasteiger partial charge in [-0.2, -0.15) is 0 Å². The smallest absolute Gasteiger partial charge is 0.264 e. The Bertz CT molecular complexity index is 1110. The molecule has 1 saturated heterocycles. The second-order valence-corrected chi connectivity index (χ2v) is 9.05. The van der Waals surface area contributed by atoms with Gasteiger partial charge in [-0.3, -0.25) is 9.69 Å². The van der Waals surface area contributed by atoms with Gasteiger partial charge in [-0.05, 0) is 37.3 Å². The van der Waals surface area contributed by atoms with Gasteiger partial charge in [0.25, 0.3) is 5.91 Å². The molecular weight excluding hydrogens is 440 g/mol. The SMILES string of the molecule is CCOc1ccc2nc(N3CCN(CCNC(=O)C4COc5ccccc5O4)CC3)sc2c1. The van der Waals surface area contributed by atoms with Crippen molar-refractivity contribution in [1.29, 1.82) is 0 Å². The van der Waals surface area contributed by atoms with E-state index in [-0.39, 0.29) is 12.5 Å². The predicted octanol–water partition coefficient (Wildman–Crippen LogP) is 2.77. The van der Waals surface area contributed by atoms with Gasteiger partial charge in [0.15, 0.2) is 16.6 Å². The van der Waals surface area contributed by atoms with Crippen molar-refractivity contribution in [1.82, 2.24) is 15.2 Å². The minimum Gasteiger partial charge on any atom is -0.494 e. The number of thiazole rings is 1. The van der Waals surface area contributed by atoms with Crippen LogP contribution in [0.4, 0.5) is 5.13 Å². The number of carbonyl (C=O) groups is 1. The number of amides is 1. The van der Waals surface area contributed by atoms with Crippen LogP contribution in [-0.4, -0.2) is 74.4 Å². The maximum atomic E-state index is 12.5. The van der Waals surface area contributed by atoms with Gasteiger partial charge >= 0.3 is 0 Å². The van der Waals surface area contributed by atoms with Crippen molar-refractivity contribution in [3.05, 3.63) is 42.5 Å². The zero-order valence-corrected chi connectivity index (χ0v) is 19.5. The van der Waals surface area contributed by atoms with Crippen molar-refractivity contribution in [2.75, 3.05) is 57.4 Å². The number of nitrogens with zero attached hydrogens (tertiary/aromatic N) is 3. The van der Waals surface area contributed by atoms with Crippen molar-refractivity contribution in [2.45, 2.75) is 13.0 Å². The molecule has 0 saturated carbocycles. The Hall–Kier alpha value is -3.04. The van der Waals surface area contributed by atoms with Gasteiger partial charge in [0.2, 0.25) is 6.10 Å². The third-order valence-corrected chi connectivity index (χ3v) is 6.91. The van der Waals surface area contributed by atoms with Crippen molar-refractivity contribution in [2.24, 2.45) is 0 Å². The Labute approximate surface area is 197 Å². The fourth-order valence-electron chi connectivity index (χ4n) is 4.05. The maximum Gasteiger partial charge on any atom is 0.264 e. The van der Waals surface area contributed by atoms with Crippen LogP contribution in [0.25, 0.3) is 10.2 Å². The van der Waals surface area contributed by atoms with Crippen LogP contribution < -0.4 is 24.4 Å². The van der Waals surface area contributed by atoms with Crippen molar-refractivity contribution in [3.8, 4) is 17.2 Å². The minimum atomic E-state index is -0.612. The molecule has 2 aliphatic heterocycles. The summed E-state index contributed by atoms with van der Waals surface area (Å²) < 4.78 is 18.2. The molecule has 1 aromatic heterocycles. The largest absolute Gasteiger partial charge is 0.494 e. The quantitative estimate of drug-likeness (QED) is 0.571. The van der Waals surface area contributed by atoms with E-state index >= 15 is 0 Å². The van der Waals surface area contributed by atoms with E-state index < -0.39 is 6.10 Å². The molecular formula is C24H28N4O4S. The average molecular weight is 469 g/mol. The minimum absolute atomic E-state index is 0.135. The van der Waals surface area contributed by atoms with Gasteiger partial charge < -0.3 is 24.4 Å². The van der Waals surface area contributed by atoms with Gasteiger partial charge in [0.1, 0.15) is 12.4 Å². The molecule has 0 spiro atoms. The van der Waals surface area contributed by atoms with Gasteiger partial charge in [-0.15, -0.1) is 0 Å². The summed E-state index contributed by atoms with van der Waals surface area (Å²) in [5, 5.41) is 4.04. The monoisotopic (exact) mass is 468 g/mol. The Morgan fingerprint density at radius 1 is 1.18 bits per heavy atom. The number of aromatic nitrogens is 1. The molecule has 33 heavy (non-hydrogen) atoms. The summed E-state index contributed by atoms with van der Waals surface area (Å²) in [5.41, 5.74) is 1.01. The first-order chi connectivity index (χ1) is 16.2. The molecule has 9 heteroatoms. The third-order valence-electron chi connectivity index (χ3n) is 5.83. The highest BCUT2D eigenvalue weighted by Gasteiger charge is 2.27. The molecule has 1 fully saturated rings. The van der Waals surface area contributed by atoms with Crippen molar-refractivity contribution >= 4 is 32.6 Å². The summed E-state index contributed by atoms with van der Waals surface area (Å²) in [6.07, 6.45) is -0.612. The number of rotatable bonds is 7. The first kappa shape index (κ1) is 21.8. The standard InChI is InChI=1S/C24H28N4O4S/c1-2-30-17-7-8-18-22(15-17)33-24(26-18)28-13-11-27(12-14-28)10-9-25-23(29)21-16-31-19-5-3-4-6-20(19)32-21/h3-8,15,21H,2,9-14,16H2,1H3,(H,25,29). The van der Waals surface area contributed by atoms with Crippen LogP contribution >= 0.6 is 11.3 Å². The number of fused-ring (bicyclic) bond motifs is 2. The molecule has 1 atom stereocenters. The molecule has 5 rings (SSSR count). The van der Waals surface area contributed by atoms with Crippen LogP contribution in [0.5, 0.6) is 17.2 Å². The molecule has 0 bridgehead atoms.